The van der Waals surface area contributed by atoms with Crippen molar-refractivity contribution in [3.05, 3.63) is 42.3 Å². The quantitative estimate of drug-likeness (QED) is 0.572. The van der Waals surface area contributed by atoms with Gasteiger partial charge in [-0.05, 0) is 19.9 Å². The summed E-state index contributed by atoms with van der Waals surface area (Å²) in [7, 11) is 0. The summed E-state index contributed by atoms with van der Waals surface area (Å²) < 4.78 is 0. The lowest BCUT2D eigenvalue weighted by molar-refractivity contribution is 1.47. The van der Waals surface area contributed by atoms with Gasteiger partial charge in [-0.1, -0.05) is 18.7 Å². The Morgan fingerprint density at radius 3 is 2.77 bits per heavy atom. The molecule has 0 amide bonds. The van der Waals surface area contributed by atoms with Crippen molar-refractivity contribution in [3.8, 4) is 0 Å². The van der Waals surface area contributed by atoms with Crippen molar-refractivity contribution in [1.29, 1.82) is 0 Å². The van der Waals surface area contributed by atoms with Crippen LogP contribution in [-0.2, 0) is 0 Å². The van der Waals surface area contributed by atoms with Gasteiger partial charge in [-0.25, -0.2) is 9.98 Å². The molecule has 0 saturated carbocycles. The molecule has 2 heteroatoms. The van der Waals surface area contributed by atoms with Crippen LogP contribution in [0, 0.1) is 0 Å². The van der Waals surface area contributed by atoms with Crippen molar-refractivity contribution in [1.82, 2.24) is 0 Å². The Bertz CT molecular complexity index is 362. The molecule has 66 valence electrons. The second kappa shape index (κ2) is 4.39. The summed E-state index contributed by atoms with van der Waals surface area (Å²) in [6.07, 6.45) is 7.54. The van der Waals surface area contributed by atoms with Gasteiger partial charge in [-0.2, -0.15) is 0 Å². The maximum atomic E-state index is 4.25. The van der Waals surface area contributed by atoms with Gasteiger partial charge in [0.15, 0.2) is 0 Å². The molecule has 0 aromatic carbocycles. The molecule has 0 atom stereocenters. The fraction of sp³-hybridized carbons (Fsp3) is 0.182. The molecule has 0 N–H and O–H groups in total. The smallest absolute Gasteiger partial charge is 0.126 e. The summed E-state index contributed by atoms with van der Waals surface area (Å²) in [5.74, 6) is 0.775. The fourth-order valence-electron chi connectivity index (χ4n) is 1.00. The lowest BCUT2D eigenvalue weighted by atomic mass is 10.2. The number of allylic oxidation sites excluding steroid dienone is 4. The molecule has 0 radical (unpaired) electrons. The highest BCUT2D eigenvalue weighted by Gasteiger charge is 2.09. The molecule has 0 unspecified atom stereocenters. The van der Waals surface area contributed by atoms with Gasteiger partial charge < -0.3 is 0 Å². The van der Waals surface area contributed by atoms with Gasteiger partial charge in [0.2, 0.25) is 0 Å². The Labute approximate surface area is 78.4 Å². The average Bonchev–Trinajstić information content (AvgIpc) is 2.44. The van der Waals surface area contributed by atoms with Crippen LogP contribution in [0.3, 0.4) is 0 Å². The molecular formula is C11H12N2. The van der Waals surface area contributed by atoms with Crippen LogP contribution in [0.2, 0.25) is 0 Å². The van der Waals surface area contributed by atoms with E-state index in [1.165, 1.54) is 0 Å². The van der Waals surface area contributed by atoms with Gasteiger partial charge >= 0.3 is 0 Å². The van der Waals surface area contributed by atoms with Gasteiger partial charge in [0, 0.05) is 6.08 Å². The van der Waals surface area contributed by atoms with Crippen LogP contribution in [0.1, 0.15) is 13.8 Å². The minimum Gasteiger partial charge on any atom is -0.232 e. The fourth-order valence-corrected chi connectivity index (χ4v) is 1.00. The van der Waals surface area contributed by atoms with E-state index in [2.05, 4.69) is 22.3 Å². The monoisotopic (exact) mass is 172 g/mol. The van der Waals surface area contributed by atoms with E-state index in [0.29, 0.717) is 0 Å². The summed E-state index contributed by atoms with van der Waals surface area (Å²) in [5.41, 5.74) is 4.38. The van der Waals surface area contributed by atoms with E-state index in [1.54, 1.807) is 6.08 Å². The number of aliphatic imine (C=N–C) groups is 2. The molecule has 1 heterocycles. The molecule has 0 aromatic heterocycles. The van der Waals surface area contributed by atoms with Crippen molar-refractivity contribution in [2.24, 2.45) is 9.98 Å². The summed E-state index contributed by atoms with van der Waals surface area (Å²) >= 11 is 0. The van der Waals surface area contributed by atoms with Crippen LogP contribution >= 0.6 is 0 Å². The van der Waals surface area contributed by atoms with Crippen molar-refractivity contribution < 1.29 is 0 Å². The van der Waals surface area contributed by atoms with Gasteiger partial charge in [-0.3, -0.25) is 0 Å². The van der Waals surface area contributed by atoms with E-state index in [0.717, 1.165) is 17.2 Å². The van der Waals surface area contributed by atoms with Crippen molar-refractivity contribution in [3.63, 3.8) is 0 Å². The first-order valence-corrected chi connectivity index (χ1v) is 4.11. The molecule has 0 bridgehead atoms. The minimum atomic E-state index is 0.775. The zero-order valence-corrected chi connectivity index (χ0v) is 7.91. The third-order valence-corrected chi connectivity index (χ3v) is 1.51. The molecule has 0 saturated heterocycles. The molecule has 13 heavy (non-hydrogen) atoms. The lowest BCUT2D eigenvalue weighted by Crippen LogP contribution is -1.90. The Morgan fingerprint density at radius 1 is 1.38 bits per heavy atom. The van der Waals surface area contributed by atoms with E-state index in [1.807, 2.05) is 32.1 Å². The third kappa shape index (κ3) is 2.39. The normalized spacial score (nSPS) is 18.8. The molecule has 1 aliphatic rings. The number of hydrogen-bond donors (Lipinski definition) is 0. The van der Waals surface area contributed by atoms with Crippen molar-refractivity contribution >= 4 is 11.5 Å². The van der Waals surface area contributed by atoms with E-state index >= 15 is 0 Å². The predicted molar refractivity (Wildman–Crippen MR) is 57.2 cm³/mol. The molecule has 0 aliphatic carbocycles. The molecule has 2 nitrogen and oxygen atoms in total. The summed E-state index contributed by atoms with van der Waals surface area (Å²) in [4.78, 5) is 8.47. The van der Waals surface area contributed by atoms with Crippen LogP contribution < -0.4 is 0 Å². The topological polar surface area (TPSA) is 24.7 Å². The highest BCUT2D eigenvalue weighted by atomic mass is 15.0. The average molecular weight is 172 g/mol. The van der Waals surface area contributed by atoms with Crippen LogP contribution in [0.25, 0.3) is 0 Å². The second-order valence-electron chi connectivity index (χ2n) is 2.58. The Morgan fingerprint density at radius 2 is 2.15 bits per heavy atom. The Hall–Kier alpha value is -1.66. The standard InChI is InChI=1S/C11H12N2/c1-4-6-8-11-10(7-5-2)12-9(3)13-11/h4,6-8H,2H2,1,3H3/b6-4+,11-8+. The Kier molecular flexibility index (Phi) is 3.18. The van der Waals surface area contributed by atoms with Gasteiger partial charge in [0.1, 0.15) is 5.84 Å². The van der Waals surface area contributed by atoms with Crippen molar-refractivity contribution in [2.45, 2.75) is 13.8 Å². The lowest BCUT2D eigenvalue weighted by Gasteiger charge is -1.89. The first-order valence-electron chi connectivity index (χ1n) is 4.11. The maximum absolute atomic E-state index is 4.25. The second-order valence-corrected chi connectivity index (χ2v) is 2.58. The summed E-state index contributed by atoms with van der Waals surface area (Å²) in [6.45, 7) is 7.34. The van der Waals surface area contributed by atoms with E-state index in [-0.39, 0.29) is 0 Å². The van der Waals surface area contributed by atoms with Crippen molar-refractivity contribution in [2.75, 3.05) is 0 Å². The molecule has 0 aromatic rings. The summed E-state index contributed by atoms with van der Waals surface area (Å²) in [5, 5.41) is 0. The molecule has 0 spiro atoms. The molecular weight excluding hydrogens is 160 g/mol. The maximum Gasteiger partial charge on any atom is 0.126 e. The highest BCUT2D eigenvalue weighted by molar-refractivity contribution is 6.17. The molecule has 1 aliphatic heterocycles. The van der Waals surface area contributed by atoms with Crippen LogP contribution in [0.4, 0.5) is 0 Å². The van der Waals surface area contributed by atoms with E-state index in [4.69, 9.17) is 0 Å². The van der Waals surface area contributed by atoms with Crippen LogP contribution in [0.15, 0.2) is 52.3 Å². The molecule has 0 fully saturated rings. The number of hydrogen-bond acceptors (Lipinski definition) is 2. The van der Waals surface area contributed by atoms with Crippen LogP contribution in [-0.4, -0.2) is 11.5 Å². The van der Waals surface area contributed by atoms with Gasteiger partial charge in [0.25, 0.3) is 0 Å². The first kappa shape index (κ1) is 9.43. The third-order valence-electron chi connectivity index (χ3n) is 1.51. The number of amidine groups is 1. The zero-order chi connectivity index (χ0) is 9.68. The number of rotatable bonds is 2. The van der Waals surface area contributed by atoms with Crippen LogP contribution in [0.5, 0.6) is 0 Å². The summed E-state index contributed by atoms with van der Waals surface area (Å²) in [6, 6.07) is 0. The minimum absolute atomic E-state index is 0.775. The number of nitrogens with zero attached hydrogens (tertiary/aromatic N) is 2. The first-order chi connectivity index (χ1) is 6.27. The highest BCUT2D eigenvalue weighted by Crippen LogP contribution is 2.11. The van der Waals surface area contributed by atoms with E-state index < -0.39 is 0 Å². The van der Waals surface area contributed by atoms with Gasteiger partial charge in [0.05, 0.1) is 11.4 Å². The molecule has 1 rings (SSSR count). The SMILES string of the molecule is C=C=CC1=NC(C)=N/C1=C/C=C/C. The largest absolute Gasteiger partial charge is 0.232 e. The van der Waals surface area contributed by atoms with Gasteiger partial charge in [-0.15, -0.1) is 5.73 Å². The zero-order valence-electron chi connectivity index (χ0n) is 7.91. The predicted octanol–water partition coefficient (Wildman–Crippen LogP) is 2.66. The Balaban J connectivity index is 2.99. The van der Waals surface area contributed by atoms with E-state index in [9.17, 15) is 0 Å².